The Labute approximate surface area is 77.6 Å². The second-order valence-electron chi connectivity index (χ2n) is 3.72. The first-order valence-electron chi connectivity index (χ1n) is 4.33. The number of halogens is 1. The van der Waals surface area contributed by atoms with Gasteiger partial charge in [0.05, 0.1) is 5.60 Å². The highest BCUT2D eigenvalue weighted by molar-refractivity contribution is 9.09. The van der Waals surface area contributed by atoms with Gasteiger partial charge in [-0.25, -0.2) is 0 Å². The second-order valence-corrected chi connectivity index (χ2v) is 4.28. The fourth-order valence-corrected chi connectivity index (χ4v) is 2.71. The normalized spacial score (nSPS) is 39.0. The molecule has 1 aliphatic carbocycles. The molecule has 2 unspecified atom stereocenters. The summed E-state index contributed by atoms with van der Waals surface area (Å²) in [5.74, 6) is 0.834. The standard InChI is InChI=1S/C9H17BrO/c1-8-4-3-5-9(6-8,7-10)11-2/h8H,3-7H2,1-2H3. The quantitative estimate of drug-likeness (QED) is 0.651. The van der Waals surface area contributed by atoms with Crippen molar-refractivity contribution in [2.45, 2.75) is 38.2 Å². The predicted octanol–water partition coefficient (Wildman–Crippen LogP) is 2.98. The summed E-state index contributed by atoms with van der Waals surface area (Å²) < 4.78 is 5.55. The van der Waals surface area contributed by atoms with Gasteiger partial charge < -0.3 is 4.74 Å². The molecule has 0 aromatic heterocycles. The first-order valence-corrected chi connectivity index (χ1v) is 5.46. The lowest BCUT2D eigenvalue weighted by molar-refractivity contribution is -0.0319. The van der Waals surface area contributed by atoms with E-state index in [1.54, 1.807) is 0 Å². The van der Waals surface area contributed by atoms with Crippen LogP contribution in [-0.4, -0.2) is 18.0 Å². The molecular weight excluding hydrogens is 204 g/mol. The fraction of sp³-hybridized carbons (Fsp3) is 1.00. The van der Waals surface area contributed by atoms with Gasteiger partial charge in [-0.15, -0.1) is 0 Å². The van der Waals surface area contributed by atoms with Crippen LogP contribution in [0.25, 0.3) is 0 Å². The molecule has 0 amide bonds. The van der Waals surface area contributed by atoms with Crippen molar-refractivity contribution < 1.29 is 4.74 Å². The van der Waals surface area contributed by atoms with Crippen LogP contribution in [0.5, 0.6) is 0 Å². The van der Waals surface area contributed by atoms with Crippen molar-refractivity contribution in [2.75, 3.05) is 12.4 Å². The zero-order chi connectivity index (χ0) is 8.32. The summed E-state index contributed by atoms with van der Waals surface area (Å²) in [6, 6.07) is 0. The minimum atomic E-state index is 0.150. The van der Waals surface area contributed by atoms with Gasteiger partial charge in [0.25, 0.3) is 0 Å². The highest BCUT2D eigenvalue weighted by atomic mass is 79.9. The molecule has 0 aromatic carbocycles. The average molecular weight is 221 g/mol. The molecule has 11 heavy (non-hydrogen) atoms. The van der Waals surface area contributed by atoms with Gasteiger partial charge in [-0.05, 0) is 18.8 Å². The Bertz CT molecular complexity index is 121. The summed E-state index contributed by atoms with van der Waals surface area (Å²) in [6.45, 7) is 2.32. The van der Waals surface area contributed by atoms with Crippen LogP contribution in [0.1, 0.15) is 32.6 Å². The smallest absolute Gasteiger partial charge is 0.0777 e. The van der Waals surface area contributed by atoms with Gasteiger partial charge in [-0.1, -0.05) is 35.7 Å². The molecule has 66 valence electrons. The van der Waals surface area contributed by atoms with E-state index in [2.05, 4.69) is 22.9 Å². The van der Waals surface area contributed by atoms with Crippen molar-refractivity contribution in [1.29, 1.82) is 0 Å². The SMILES string of the molecule is COC1(CBr)CCCC(C)C1. The number of hydrogen-bond donors (Lipinski definition) is 0. The van der Waals surface area contributed by atoms with Crippen molar-refractivity contribution in [2.24, 2.45) is 5.92 Å². The van der Waals surface area contributed by atoms with E-state index in [0.717, 1.165) is 11.2 Å². The molecule has 0 saturated heterocycles. The maximum atomic E-state index is 5.55. The molecule has 2 heteroatoms. The molecular formula is C9H17BrO. The zero-order valence-corrected chi connectivity index (χ0v) is 8.99. The molecule has 0 spiro atoms. The highest BCUT2D eigenvalue weighted by Crippen LogP contribution is 2.35. The summed E-state index contributed by atoms with van der Waals surface area (Å²) in [5.41, 5.74) is 0.150. The van der Waals surface area contributed by atoms with E-state index in [9.17, 15) is 0 Å². The maximum Gasteiger partial charge on any atom is 0.0777 e. The van der Waals surface area contributed by atoms with Gasteiger partial charge in [0.1, 0.15) is 0 Å². The summed E-state index contributed by atoms with van der Waals surface area (Å²) in [5, 5.41) is 0.987. The van der Waals surface area contributed by atoms with Crippen LogP contribution in [0.15, 0.2) is 0 Å². The fourth-order valence-electron chi connectivity index (χ4n) is 1.97. The lowest BCUT2D eigenvalue weighted by atomic mass is 9.80. The van der Waals surface area contributed by atoms with E-state index in [0.29, 0.717) is 0 Å². The third kappa shape index (κ3) is 2.19. The molecule has 1 nitrogen and oxygen atoms in total. The van der Waals surface area contributed by atoms with Crippen molar-refractivity contribution in [3.63, 3.8) is 0 Å². The Hall–Kier alpha value is 0.440. The summed E-state index contributed by atoms with van der Waals surface area (Å²) in [7, 11) is 1.83. The van der Waals surface area contributed by atoms with Crippen LogP contribution >= 0.6 is 15.9 Å². The number of rotatable bonds is 2. The van der Waals surface area contributed by atoms with Gasteiger partial charge in [-0.3, -0.25) is 0 Å². The van der Waals surface area contributed by atoms with Gasteiger partial charge in [0.15, 0.2) is 0 Å². The lowest BCUT2D eigenvalue weighted by Crippen LogP contribution is -2.38. The molecule has 0 bridgehead atoms. The van der Waals surface area contributed by atoms with E-state index in [-0.39, 0.29) is 5.60 Å². The predicted molar refractivity (Wildman–Crippen MR) is 51.2 cm³/mol. The van der Waals surface area contributed by atoms with Crippen LogP contribution in [-0.2, 0) is 4.74 Å². The molecule has 0 heterocycles. The van der Waals surface area contributed by atoms with E-state index >= 15 is 0 Å². The Balaban J connectivity index is 2.52. The Morgan fingerprint density at radius 2 is 2.36 bits per heavy atom. The number of methoxy groups -OCH3 is 1. The third-order valence-electron chi connectivity index (χ3n) is 2.73. The Morgan fingerprint density at radius 3 is 2.73 bits per heavy atom. The van der Waals surface area contributed by atoms with Gasteiger partial charge in [0.2, 0.25) is 0 Å². The van der Waals surface area contributed by atoms with Gasteiger partial charge in [-0.2, -0.15) is 0 Å². The Morgan fingerprint density at radius 1 is 1.64 bits per heavy atom. The van der Waals surface area contributed by atoms with Crippen LogP contribution in [0.2, 0.25) is 0 Å². The maximum absolute atomic E-state index is 5.55. The molecule has 0 radical (unpaired) electrons. The van der Waals surface area contributed by atoms with Crippen LogP contribution in [0.4, 0.5) is 0 Å². The number of hydrogen-bond acceptors (Lipinski definition) is 1. The van der Waals surface area contributed by atoms with Crippen molar-refractivity contribution in [1.82, 2.24) is 0 Å². The molecule has 0 aromatic rings. The monoisotopic (exact) mass is 220 g/mol. The zero-order valence-electron chi connectivity index (χ0n) is 7.40. The summed E-state index contributed by atoms with van der Waals surface area (Å²) in [4.78, 5) is 0. The lowest BCUT2D eigenvalue weighted by Gasteiger charge is -2.37. The second kappa shape index (κ2) is 3.90. The molecule has 1 aliphatic rings. The molecule has 0 N–H and O–H groups in total. The molecule has 2 atom stereocenters. The van der Waals surface area contributed by atoms with Crippen LogP contribution in [0, 0.1) is 5.92 Å². The molecule has 0 aliphatic heterocycles. The van der Waals surface area contributed by atoms with E-state index in [4.69, 9.17) is 4.74 Å². The van der Waals surface area contributed by atoms with Crippen LogP contribution < -0.4 is 0 Å². The molecule has 1 saturated carbocycles. The Kier molecular flexibility index (Phi) is 3.38. The van der Waals surface area contributed by atoms with Crippen molar-refractivity contribution in [3.05, 3.63) is 0 Å². The molecule has 1 rings (SSSR count). The van der Waals surface area contributed by atoms with Gasteiger partial charge >= 0.3 is 0 Å². The topological polar surface area (TPSA) is 9.23 Å². The van der Waals surface area contributed by atoms with Crippen molar-refractivity contribution >= 4 is 15.9 Å². The third-order valence-corrected chi connectivity index (χ3v) is 3.75. The first-order chi connectivity index (χ1) is 5.22. The first kappa shape index (κ1) is 9.53. The minimum Gasteiger partial charge on any atom is -0.377 e. The van der Waals surface area contributed by atoms with E-state index in [1.807, 2.05) is 7.11 Å². The number of ether oxygens (including phenoxy) is 1. The minimum absolute atomic E-state index is 0.150. The number of alkyl halides is 1. The largest absolute Gasteiger partial charge is 0.377 e. The summed E-state index contributed by atoms with van der Waals surface area (Å²) >= 11 is 3.53. The molecule has 1 fully saturated rings. The van der Waals surface area contributed by atoms with Gasteiger partial charge in [0, 0.05) is 12.4 Å². The average Bonchev–Trinajstić information content (AvgIpc) is 2.04. The van der Waals surface area contributed by atoms with E-state index in [1.165, 1.54) is 25.7 Å². The van der Waals surface area contributed by atoms with Crippen molar-refractivity contribution in [3.8, 4) is 0 Å². The summed E-state index contributed by atoms with van der Waals surface area (Å²) in [6.07, 6.45) is 5.13. The van der Waals surface area contributed by atoms with Crippen LogP contribution in [0.3, 0.4) is 0 Å². The highest BCUT2D eigenvalue weighted by Gasteiger charge is 2.33. The van der Waals surface area contributed by atoms with E-state index < -0.39 is 0 Å².